The van der Waals surface area contributed by atoms with Crippen molar-refractivity contribution in [1.82, 2.24) is 10.6 Å². The van der Waals surface area contributed by atoms with Gasteiger partial charge < -0.3 is 25.5 Å². The molecule has 194 valence electrons. The fourth-order valence-corrected chi connectivity index (χ4v) is 4.04. The van der Waals surface area contributed by atoms with E-state index in [0.717, 1.165) is 16.7 Å². The summed E-state index contributed by atoms with van der Waals surface area (Å²) in [6.07, 6.45) is 0.197. The smallest absolute Gasteiger partial charge is 0.336 e. The van der Waals surface area contributed by atoms with Gasteiger partial charge in [-0.15, -0.1) is 0 Å². The first-order valence-electron chi connectivity index (χ1n) is 12.0. The number of carbonyl (C=O) groups is 3. The summed E-state index contributed by atoms with van der Waals surface area (Å²) in [7, 11) is 0. The zero-order valence-corrected chi connectivity index (χ0v) is 20.7. The number of nitrogens with one attached hydrogen (secondary N) is 2. The van der Waals surface area contributed by atoms with Crippen LogP contribution in [0.4, 0.5) is 0 Å². The Balaban J connectivity index is 1.51. The minimum Gasteiger partial charge on any atom is -0.491 e. The Morgan fingerprint density at radius 1 is 0.895 bits per heavy atom. The van der Waals surface area contributed by atoms with Crippen molar-refractivity contribution in [2.24, 2.45) is 5.73 Å². The number of rotatable bonds is 10. The first-order valence-corrected chi connectivity index (χ1v) is 12.0. The number of hydrogen-bond acceptors (Lipinski definition) is 6. The van der Waals surface area contributed by atoms with Crippen LogP contribution >= 0.6 is 0 Å². The normalized spacial score (nSPS) is 12.3. The van der Waals surface area contributed by atoms with Crippen LogP contribution in [0.2, 0.25) is 0 Å². The molecule has 0 saturated heterocycles. The summed E-state index contributed by atoms with van der Waals surface area (Å²) in [5.41, 5.74) is 7.70. The van der Waals surface area contributed by atoms with Crippen molar-refractivity contribution in [3.8, 4) is 16.9 Å². The largest absolute Gasteiger partial charge is 0.491 e. The first-order chi connectivity index (χ1) is 18.3. The quantitative estimate of drug-likeness (QED) is 0.278. The van der Waals surface area contributed by atoms with Gasteiger partial charge in [0.25, 0.3) is 0 Å². The maximum Gasteiger partial charge on any atom is 0.336 e. The second-order valence-corrected chi connectivity index (χ2v) is 8.72. The van der Waals surface area contributed by atoms with Gasteiger partial charge in [-0.3, -0.25) is 14.4 Å². The van der Waals surface area contributed by atoms with Gasteiger partial charge in [-0.1, -0.05) is 60.7 Å². The van der Waals surface area contributed by atoms with Gasteiger partial charge in [-0.25, -0.2) is 4.79 Å². The molecule has 1 aromatic heterocycles. The molecule has 0 bridgehead atoms. The molecule has 4 rings (SSSR count). The van der Waals surface area contributed by atoms with E-state index in [0.29, 0.717) is 16.7 Å². The maximum absolute atomic E-state index is 13.0. The van der Waals surface area contributed by atoms with Crippen LogP contribution < -0.4 is 26.7 Å². The SMILES string of the molecule is CC(=O)N[C@@H](COc1ccc2c(-c3ccccc3)cc(=O)oc2c1)C(=O)N[C@@H](Cc1ccccc1)C(N)=O. The molecule has 0 radical (unpaired) electrons. The highest BCUT2D eigenvalue weighted by atomic mass is 16.5. The highest BCUT2D eigenvalue weighted by molar-refractivity contribution is 5.94. The molecular formula is C29H27N3O6. The molecule has 1 heterocycles. The summed E-state index contributed by atoms with van der Waals surface area (Å²) < 4.78 is 11.2. The third-order valence-electron chi connectivity index (χ3n) is 5.85. The molecule has 0 aliphatic rings. The molecule has 0 aliphatic heterocycles. The molecule has 0 saturated carbocycles. The Bertz CT molecular complexity index is 1500. The highest BCUT2D eigenvalue weighted by Crippen LogP contribution is 2.29. The molecule has 3 aromatic carbocycles. The number of nitrogens with two attached hydrogens (primary N) is 1. The number of amides is 3. The van der Waals surface area contributed by atoms with E-state index in [1.54, 1.807) is 18.2 Å². The number of ether oxygens (including phenoxy) is 1. The van der Waals surface area contributed by atoms with Crippen LogP contribution in [0.15, 0.2) is 94.1 Å². The van der Waals surface area contributed by atoms with E-state index in [1.807, 2.05) is 60.7 Å². The molecule has 0 spiro atoms. The Kier molecular flexibility index (Phi) is 8.17. The molecule has 4 aromatic rings. The lowest BCUT2D eigenvalue weighted by Gasteiger charge is -2.22. The van der Waals surface area contributed by atoms with Gasteiger partial charge in [-0.2, -0.15) is 0 Å². The highest BCUT2D eigenvalue weighted by Gasteiger charge is 2.26. The summed E-state index contributed by atoms with van der Waals surface area (Å²) in [4.78, 5) is 49.0. The Morgan fingerprint density at radius 3 is 2.24 bits per heavy atom. The standard InChI is InChI=1S/C29H27N3O6/c1-18(33)31-25(29(36)32-24(28(30)35)14-19-8-4-2-5-9-19)17-37-21-12-13-22-23(20-10-6-3-7-11-20)16-27(34)38-26(22)15-21/h2-13,15-16,24-25H,14,17H2,1H3,(H2,30,35)(H,31,33)(H,32,36)/t24-,25-/m0/s1. The Labute approximate surface area is 218 Å². The monoisotopic (exact) mass is 513 g/mol. The predicted molar refractivity (Wildman–Crippen MR) is 142 cm³/mol. The van der Waals surface area contributed by atoms with E-state index < -0.39 is 35.4 Å². The summed E-state index contributed by atoms with van der Waals surface area (Å²) in [5.74, 6) is -1.46. The summed E-state index contributed by atoms with van der Waals surface area (Å²) >= 11 is 0. The fourth-order valence-electron chi connectivity index (χ4n) is 4.04. The minimum atomic E-state index is -1.11. The Morgan fingerprint density at radius 2 is 1.58 bits per heavy atom. The number of primary amides is 1. The number of benzene rings is 3. The number of carbonyl (C=O) groups excluding carboxylic acids is 3. The van der Waals surface area contributed by atoms with Crippen LogP contribution in [0, 0.1) is 0 Å². The zero-order chi connectivity index (χ0) is 27.1. The molecule has 4 N–H and O–H groups in total. The van der Waals surface area contributed by atoms with E-state index in [4.69, 9.17) is 14.9 Å². The van der Waals surface area contributed by atoms with Crippen molar-refractivity contribution in [1.29, 1.82) is 0 Å². The van der Waals surface area contributed by atoms with Crippen molar-refractivity contribution in [3.63, 3.8) is 0 Å². The second-order valence-electron chi connectivity index (χ2n) is 8.72. The van der Waals surface area contributed by atoms with Crippen molar-refractivity contribution >= 4 is 28.7 Å². The van der Waals surface area contributed by atoms with Gasteiger partial charge in [0.2, 0.25) is 17.7 Å². The lowest BCUT2D eigenvalue weighted by atomic mass is 10.0. The van der Waals surface area contributed by atoms with Crippen LogP contribution in [0.5, 0.6) is 5.75 Å². The molecule has 3 amide bonds. The molecule has 0 aliphatic carbocycles. The molecule has 9 heteroatoms. The summed E-state index contributed by atoms with van der Waals surface area (Å²) in [5, 5.41) is 5.85. The molecule has 38 heavy (non-hydrogen) atoms. The molecule has 0 fully saturated rings. The van der Waals surface area contributed by atoms with E-state index in [9.17, 15) is 19.2 Å². The number of fused-ring (bicyclic) bond motifs is 1. The fraction of sp³-hybridized carbons (Fsp3) is 0.172. The second kappa shape index (κ2) is 11.9. The van der Waals surface area contributed by atoms with Crippen molar-refractivity contribution in [2.45, 2.75) is 25.4 Å². The first kappa shape index (κ1) is 26.2. The third-order valence-corrected chi connectivity index (χ3v) is 5.85. The van der Waals surface area contributed by atoms with Crippen LogP contribution in [0.3, 0.4) is 0 Å². The molecule has 2 atom stereocenters. The maximum atomic E-state index is 13.0. The van der Waals surface area contributed by atoms with Crippen LogP contribution in [0.25, 0.3) is 22.1 Å². The van der Waals surface area contributed by atoms with Crippen LogP contribution in [-0.4, -0.2) is 36.4 Å². The predicted octanol–water partition coefficient (Wildman–Crippen LogP) is 2.56. The Hall–Kier alpha value is -4.92. The van der Waals surface area contributed by atoms with Gasteiger partial charge in [0.1, 0.15) is 30.0 Å². The lowest BCUT2D eigenvalue weighted by Crippen LogP contribution is -2.55. The van der Waals surface area contributed by atoms with Crippen LogP contribution in [0.1, 0.15) is 12.5 Å². The van der Waals surface area contributed by atoms with Crippen molar-refractivity contribution < 1.29 is 23.5 Å². The van der Waals surface area contributed by atoms with E-state index in [1.165, 1.54) is 13.0 Å². The number of hydrogen-bond donors (Lipinski definition) is 3. The van der Waals surface area contributed by atoms with Gasteiger partial charge in [0.15, 0.2) is 0 Å². The van der Waals surface area contributed by atoms with Gasteiger partial charge in [0, 0.05) is 30.9 Å². The van der Waals surface area contributed by atoms with Gasteiger partial charge in [0.05, 0.1) is 0 Å². The lowest BCUT2D eigenvalue weighted by molar-refractivity contribution is -0.131. The van der Waals surface area contributed by atoms with E-state index in [2.05, 4.69) is 10.6 Å². The van der Waals surface area contributed by atoms with Gasteiger partial charge in [-0.05, 0) is 28.8 Å². The zero-order valence-electron chi connectivity index (χ0n) is 20.7. The summed E-state index contributed by atoms with van der Waals surface area (Å²) in [6, 6.07) is 22.9. The van der Waals surface area contributed by atoms with Gasteiger partial charge >= 0.3 is 5.63 Å². The third kappa shape index (κ3) is 6.64. The average molecular weight is 514 g/mol. The minimum absolute atomic E-state index is 0.197. The van der Waals surface area contributed by atoms with E-state index >= 15 is 0 Å². The topological polar surface area (TPSA) is 141 Å². The molecular weight excluding hydrogens is 486 g/mol. The average Bonchev–Trinajstić information content (AvgIpc) is 2.90. The van der Waals surface area contributed by atoms with Crippen molar-refractivity contribution in [2.75, 3.05) is 6.61 Å². The van der Waals surface area contributed by atoms with Crippen LogP contribution in [-0.2, 0) is 20.8 Å². The van der Waals surface area contributed by atoms with Crippen molar-refractivity contribution in [3.05, 3.63) is 101 Å². The molecule has 0 unspecified atom stereocenters. The van der Waals surface area contributed by atoms with E-state index in [-0.39, 0.29) is 13.0 Å². The summed E-state index contributed by atoms with van der Waals surface area (Å²) in [6.45, 7) is 1.03. The molecule has 9 nitrogen and oxygen atoms in total.